The van der Waals surface area contributed by atoms with E-state index in [1.807, 2.05) is 29.2 Å². The highest BCUT2D eigenvalue weighted by Crippen LogP contribution is 2.25. The third-order valence-electron chi connectivity index (χ3n) is 4.70. The minimum absolute atomic E-state index is 0.0172. The molecule has 4 nitrogen and oxygen atoms in total. The topological polar surface area (TPSA) is 41.6 Å². The van der Waals surface area contributed by atoms with E-state index < -0.39 is 0 Å². The first-order valence-corrected chi connectivity index (χ1v) is 8.38. The van der Waals surface area contributed by atoms with Crippen molar-refractivity contribution in [1.82, 2.24) is 4.90 Å². The summed E-state index contributed by atoms with van der Waals surface area (Å²) in [4.78, 5) is 14.5. The first-order valence-electron chi connectivity index (χ1n) is 8.38. The second-order valence-electron chi connectivity index (χ2n) is 6.41. The molecule has 1 aromatic rings. The molecule has 0 radical (unpaired) electrons. The summed E-state index contributed by atoms with van der Waals surface area (Å²) in [6, 6.07) is 7.97. The van der Waals surface area contributed by atoms with Crippen LogP contribution in [0.3, 0.4) is 0 Å². The summed E-state index contributed by atoms with van der Waals surface area (Å²) in [7, 11) is 1.76. The van der Waals surface area contributed by atoms with Gasteiger partial charge >= 0.3 is 6.03 Å². The molecule has 2 rings (SSSR count). The number of ether oxygens (including phenoxy) is 1. The summed E-state index contributed by atoms with van der Waals surface area (Å²) in [5.74, 6) is 0. The highest BCUT2D eigenvalue weighted by Gasteiger charge is 2.29. The molecule has 0 spiro atoms. The van der Waals surface area contributed by atoms with Gasteiger partial charge in [-0.25, -0.2) is 4.79 Å². The molecule has 1 unspecified atom stereocenters. The lowest BCUT2D eigenvalue weighted by molar-refractivity contribution is -0.00491. The number of urea groups is 1. The van der Waals surface area contributed by atoms with Gasteiger partial charge in [0.15, 0.2) is 0 Å². The van der Waals surface area contributed by atoms with Gasteiger partial charge in [0.25, 0.3) is 0 Å². The number of carbonyl (C=O) groups is 1. The number of allylic oxidation sites excluding steroid dienone is 1. The zero-order valence-corrected chi connectivity index (χ0v) is 14.3. The predicted octanol–water partition coefficient (Wildman–Crippen LogP) is 4.23. The van der Waals surface area contributed by atoms with Gasteiger partial charge in [-0.2, -0.15) is 0 Å². The Morgan fingerprint density at radius 3 is 2.91 bits per heavy atom. The van der Waals surface area contributed by atoms with E-state index in [-0.39, 0.29) is 11.6 Å². The van der Waals surface area contributed by atoms with Crippen LogP contribution < -0.4 is 5.32 Å². The molecule has 23 heavy (non-hydrogen) atoms. The van der Waals surface area contributed by atoms with Gasteiger partial charge in [-0.05, 0) is 50.7 Å². The molecule has 1 aromatic carbocycles. The number of rotatable bonds is 5. The number of nitrogens with zero attached hydrogens (tertiary/aromatic N) is 1. The highest BCUT2D eigenvalue weighted by atomic mass is 16.5. The summed E-state index contributed by atoms with van der Waals surface area (Å²) < 4.78 is 5.60. The fourth-order valence-corrected chi connectivity index (χ4v) is 2.97. The van der Waals surface area contributed by atoms with E-state index in [1.165, 1.54) is 0 Å². The van der Waals surface area contributed by atoms with Crippen LogP contribution in [0.15, 0.2) is 36.9 Å². The van der Waals surface area contributed by atoms with E-state index in [4.69, 9.17) is 4.74 Å². The van der Waals surface area contributed by atoms with Crippen molar-refractivity contribution in [3.63, 3.8) is 0 Å². The molecule has 0 aromatic heterocycles. The van der Waals surface area contributed by atoms with Gasteiger partial charge in [-0.1, -0.05) is 24.3 Å². The minimum atomic E-state index is -0.114. The Labute approximate surface area is 139 Å². The van der Waals surface area contributed by atoms with Gasteiger partial charge < -0.3 is 15.0 Å². The maximum atomic E-state index is 12.6. The van der Waals surface area contributed by atoms with Crippen LogP contribution in [0.5, 0.6) is 0 Å². The Hall–Kier alpha value is -1.81. The Bertz CT molecular complexity index is 544. The molecule has 1 aliphatic rings. The van der Waals surface area contributed by atoms with Crippen molar-refractivity contribution in [2.45, 2.75) is 44.6 Å². The van der Waals surface area contributed by atoms with Crippen LogP contribution in [0.4, 0.5) is 10.5 Å². The molecule has 1 saturated heterocycles. The molecule has 1 aliphatic heterocycles. The summed E-state index contributed by atoms with van der Waals surface area (Å²) in [5, 5.41) is 3.07. The third-order valence-corrected chi connectivity index (χ3v) is 4.70. The summed E-state index contributed by atoms with van der Waals surface area (Å²) in [6.45, 7) is 7.39. The van der Waals surface area contributed by atoms with Crippen molar-refractivity contribution < 1.29 is 9.53 Å². The number of para-hydroxylation sites is 1. The summed E-state index contributed by atoms with van der Waals surface area (Å²) in [6.07, 6.45) is 6.53. The zero-order chi connectivity index (χ0) is 16.7. The Balaban J connectivity index is 2.00. The van der Waals surface area contributed by atoms with Gasteiger partial charge in [0.1, 0.15) is 0 Å². The highest BCUT2D eigenvalue weighted by molar-refractivity contribution is 5.90. The second-order valence-corrected chi connectivity index (χ2v) is 6.41. The lowest BCUT2D eigenvalue weighted by atomic mass is 9.97. The van der Waals surface area contributed by atoms with Gasteiger partial charge in [0, 0.05) is 25.9 Å². The second kappa shape index (κ2) is 8.16. The molecule has 1 fully saturated rings. The maximum absolute atomic E-state index is 12.6. The lowest BCUT2D eigenvalue weighted by Crippen LogP contribution is -2.37. The van der Waals surface area contributed by atoms with Gasteiger partial charge in [0.05, 0.1) is 5.60 Å². The Morgan fingerprint density at radius 2 is 2.17 bits per heavy atom. The average molecular weight is 316 g/mol. The number of benzene rings is 1. The minimum Gasteiger partial charge on any atom is -0.378 e. The molecular weight excluding hydrogens is 288 g/mol. The van der Waals surface area contributed by atoms with Crippen molar-refractivity contribution in [1.29, 1.82) is 0 Å². The van der Waals surface area contributed by atoms with Crippen molar-refractivity contribution in [3.8, 4) is 0 Å². The molecule has 126 valence electrons. The molecule has 1 N–H and O–H groups in total. The monoisotopic (exact) mass is 316 g/mol. The van der Waals surface area contributed by atoms with Crippen LogP contribution in [0.2, 0.25) is 0 Å². The lowest BCUT2D eigenvalue weighted by Gasteiger charge is -2.26. The fraction of sp³-hybridized carbons (Fsp3) is 0.526. The van der Waals surface area contributed by atoms with Crippen molar-refractivity contribution in [2.75, 3.05) is 25.5 Å². The number of amides is 2. The quantitative estimate of drug-likeness (QED) is 0.826. The molecule has 4 heteroatoms. The van der Waals surface area contributed by atoms with Crippen LogP contribution in [0.1, 0.15) is 38.2 Å². The number of methoxy groups -OCH3 is 1. The number of anilines is 1. The largest absolute Gasteiger partial charge is 0.378 e. The van der Waals surface area contributed by atoms with Crippen molar-refractivity contribution in [3.05, 3.63) is 42.5 Å². The van der Waals surface area contributed by atoms with E-state index in [1.54, 1.807) is 7.11 Å². The normalized spacial score (nSPS) is 21.6. The van der Waals surface area contributed by atoms with Crippen LogP contribution in [-0.2, 0) is 11.2 Å². The van der Waals surface area contributed by atoms with E-state index in [0.717, 1.165) is 56.4 Å². The van der Waals surface area contributed by atoms with Gasteiger partial charge in [-0.15, -0.1) is 6.58 Å². The van der Waals surface area contributed by atoms with Crippen molar-refractivity contribution in [2.24, 2.45) is 0 Å². The number of hydrogen-bond donors (Lipinski definition) is 1. The first kappa shape index (κ1) is 17.5. The van der Waals surface area contributed by atoms with Crippen molar-refractivity contribution >= 4 is 11.7 Å². The average Bonchev–Trinajstić information content (AvgIpc) is 2.76. The molecule has 0 bridgehead atoms. The van der Waals surface area contributed by atoms with Crippen LogP contribution in [0, 0.1) is 0 Å². The van der Waals surface area contributed by atoms with Gasteiger partial charge in [0.2, 0.25) is 0 Å². The van der Waals surface area contributed by atoms with Gasteiger partial charge in [-0.3, -0.25) is 0 Å². The number of nitrogens with one attached hydrogen (secondary N) is 1. The third kappa shape index (κ3) is 4.83. The zero-order valence-electron chi connectivity index (χ0n) is 14.3. The van der Waals surface area contributed by atoms with E-state index in [9.17, 15) is 4.79 Å². The molecule has 0 saturated carbocycles. The van der Waals surface area contributed by atoms with Crippen LogP contribution >= 0.6 is 0 Å². The van der Waals surface area contributed by atoms with Crippen LogP contribution in [-0.4, -0.2) is 36.7 Å². The summed E-state index contributed by atoms with van der Waals surface area (Å²) in [5.41, 5.74) is 1.94. The molecule has 0 aliphatic carbocycles. The number of hydrogen-bond acceptors (Lipinski definition) is 2. The number of aryl methyl sites for hydroxylation is 1. The molecule has 1 atom stereocenters. The summed E-state index contributed by atoms with van der Waals surface area (Å²) >= 11 is 0. The predicted molar refractivity (Wildman–Crippen MR) is 94.8 cm³/mol. The van der Waals surface area contributed by atoms with E-state index >= 15 is 0 Å². The van der Waals surface area contributed by atoms with Crippen LogP contribution in [0.25, 0.3) is 0 Å². The molecule has 2 amide bonds. The number of carbonyl (C=O) groups excluding carboxylic acids is 1. The SMILES string of the molecule is C=CCCc1ccccc1NC(=O)N1CCCC(C)(OC)CC1. The van der Waals surface area contributed by atoms with E-state index in [0.29, 0.717) is 0 Å². The standard InChI is InChI=1S/C19H28N2O2/c1-4-5-9-16-10-6-7-11-17(16)20-18(22)21-14-8-12-19(2,23-3)13-15-21/h4,6-7,10-11H,1,5,8-9,12-15H2,2-3H3,(H,20,22). The Morgan fingerprint density at radius 1 is 1.39 bits per heavy atom. The van der Waals surface area contributed by atoms with E-state index in [2.05, 4.69) is 24.9 Å². The first-order chi connectivity index (χ1) is 11.1. The smallest absolute Gasteiger partial charge is 0.321 e. The molecule has 1 heterocycles. The number of likely N-dealkylation sites (tertiary alicyclic amines) is 1. The Kier molecular flexibility index (Phi) is 6.22. The molecular formula is C19H28N2O2. The maximum Gasteiger partial charge on any atom is 0.321 e. The fourth-order valence-electron chi connectivity index (χ4n) is 2.97.